The van der Waals surface area contributed by atoms with Gasteiger partial charge in [-0.05, 0) is 44.2 Å². The zero-order chi connectivity index (χ0) is 16.1. The van der Waals surface area contributed by atoms with Gasteiger partial charge in [0.15, 0.2) is 0 Å². The average molecular weight is 344 g/mol. The molecule has 1 N–H and O–H groups in total. The third kappa shape index (κ3) is 2.32. The minimum atomic E-state index is -0.227. The van der Waals surface area contributed by atoms with Crippen molar-refractivity contribution in [3.63, 3.8) is 0 Å². The topological polar surface area (TPSA) is 29.9 Å². The van der Waals surface area contributed by atoms with Crippen LogP contribution in [0.2, 0.25) is 10.0 Å². The Morgan fingerprint density at radius 1 is 1.04 bits per heavy atom. The van der Waals surface area contributed by atoms with Gasteiger partial charge in [-0.25, -0.2) is 4.68 Å². The lowest BCUT2D eigenvalue weighted by Gasteiger charge is -2.30. The summed E-state index contributed by atoms with van der Waals surface area (Å²) in [5.74, 6) is 0. The van der Waals surface area contributed by atoms with E-state index < -0.39 is 0 Å². The molecule has 0 saturated carbocycles. The van der Waals surface area contributed by atoms with Gasteiger partial charge in [-0.3, -0.25) is 0 Å². The smallest absolute Gasteiger partial charge is 0.150 e. The molecule has 3 nitrogen and oxygen atoms in total. The third-order valence-electron chi connectivity index (χ3n) is 4.12. The number of hydrogen-bond acceptors (Lipinski definition) is 2. The Morgan fingerprint density at radius 3 is 2.52 bits per heavy atom. The molecule has 0 radical (unpaired) electrons. The lowest BCUT2D eigenvalue weighted by Crippen LogP contribution is -2.26. The molecule has 2 heterocycles. The minimum Gasteiger partial charge on any atom is -0.359 e. The van der Waals surface area contributed by atoms with Crippen molar-refractivity contribution >= 4 is 28.9 Å². The summed E-state index contributed by atoms with van der Waals surface area (Å²) in [6.45, 7) is 4.08. The fourth-order valence-electron chi connectivity index (χ4n) is 3.09. The Bertz CT molecular complexity index is 894. The molecule has 1 atom stereocenters. The van der Waals surface area contributed by atoms with E-state index in [1.807, 2.05) is 29.8 Å². The van der Waals surface area contributed by atoms with Gasteiger partial charge in [-0.1, -0.05) is 40.9 Å². The number of aryl methyl sites for hydroxylation is 2. The number of rotatable bonds is 1. The number of halogens is 2. The first-order valence-electron chi connectivity index (χ1n) is 7.42. The van der Waals surface area contributed by atoms with Crippen LogP contribution in [0.4, 0.5) is 5.69 Å². The Morgan fingerprint density at radius 2 is 1.78 bits per heavy atom. The van der Waals surface area contributed by atoms with Gasteiger partial charge in [-0.2, -0.15) is 5.10 Å². The summed E-state index contributed by atoms with van der Waals surface area (Å²) in [5.41, 5.74) is 6.29. The first-order chi connectivity index (χ1) is 11.0. The van der Waals surface area contributed by atoms with E-state index in [1.54, 1.807) is 0 Å². The highest BCUT2D eigenvalue weighted by atomic mass is 35.5. The molecule has 0 amide bonds. The Labute approximate surface area is 144 Å². The summed E-state index contributed by atoms with van der Waals surface area (Å²) in [7, 11) is 0. The van der Waals surface area contributed by atoms with Crippen LogP contribution in [0, 0.1) is 13.8 Å². The molecule has 0 fully saturated rings. The maximum atomic E-state index is 6.42. The van der Waals surface area contributed by atoms with E-state index in [2.05, 4.69) is 41.6 Å². The summed E-state index contributed by atoms with van der Waals surface area (Å²) in [6.07, 6.45) is -0.227. The van der Waals surface area contributed by atoms with E-state index in [9.17, 15) is 0 Å². The van der Waals surface area contributed by atoms with Crippen molar-refractivity contribution in [2.45, 2.75) is 20.0 Å². The monoisotopic (exact) mass is 343 g/mol. The van der Waals surface area contributed by atoms with Gasteiger partial charge in [0.1, 0.15) is 6.17 Å². The van der Waals surface area contributed by atoms with E-state index in [0.29, 0.717) is 10.0 Å². The number of benzene rings is 2. The zero-order valence-corrected chi connectivity index (χ0v) is 14.3. The highest BCUT2D eigenvalue weighted by Crippen LogP contribution is 2.42. The predicted molar refractivity (Wildman–Crippen MR) is 95.4 cm³/mol. The fraction of sp³-hybridized carbons (Fsp3) is 0.167. The van der Waals surface area contributed by atoms with Crippen LogP contribution < -0.4 is 5.32 Å². The summed E-state index contributed by atoms with van der Waals surface area (Å²) in [4.78, 5) is 0. The second-order valence-corrected chi connectivity index (χ2v) is 6.66. The average Bonchev–Trinajstić information content (AvgIpc) is 2.89. The summed E-state index contributed by atoms with van der Waals surface area (Å²) in [5, 5.41) is 9.44. The molecule has 1 aromatic heterocycles. The summed E-state index contributed by atoms with van der Waals surface area (Å²) < 4.78 is 1.96. The SMILES string of the molecule is Cc1ccc2c(c1)-c1cc(C)nn1C(c1c(Cl)cccc1Cl)N2. The molecule has 5 heteroatoms. The number of aromatic nitrogens is 2. The number of hydrogen-bond donors (Lipinski definition) is 1. The van der Waals surface area contributed by atoms with Crippen LogP contribution in [0.1, 0.15) is 23.0 Å². The summed E-state index contributed by atoms with van der Waals surface area (Å²) in [6, 6.07) is 14.0. The van der Waals surface area contributed by atoms with Crippen molar-refractivity contribution in [3.8, 4) is 11.3 Å². The van der Waals surface area contributed by atoms with Crippen molar-refractivity contribution in [1.82, 2.24) is 9.78 Å². The van der Waals surface area contributed by atoms with E-state index in [-0.39, 0.29) is 6.17 Å². The molecule has 0 bridgehead atoms. The second kappa shape index (κ2) is 5.29. The third-order valence-corrected chi connectivity index (χ3v) is 4.78. The quantitative estimate of drug-likeness (QED) is 0.636. The maximum absolute atomic E-state index is 6.42. The van der Waals surface area contributed by atoms with Crippen LogP contribution >= 0.6 is 23.2 Å². The molecule has 0 spiro atoms. The molecule has 116 valence electrons. The number of anilines is 1. The van der Waals surface area contributed by atoms with E-state index in [4.69, 9.17) is 23.2 Å². The van der Waals surface area contributed by atoms with Crippen LogP contribution in [-0.2, 0) is 0 Å². The molecule has 1 aliphatic heterocycles. The van der Waals surface area contributed by atoms with Gasteiger partial charge >= 0.3 is 0 Å². The Kier molecular flexibility index (Phi) is 3.36. The van der Waals surface area contributed by atoms with Gasteiger partial charge in [0, 0.05) is 26.9 Å². The normalized spacial score (nSPS) is 15.7. The maximum Gasteiger partial charge on any atom is 0.150 e. The van der Waals surface area contributed by atoms with Crippen LogP contribution in [0.15, 0.2) is 42.5 Å². The molecule has 2 aromatic carbocycles. The van der Waals surface area contributed by atoms with Gasteiger partial charge in [0.2, 0.25) is 0 Å². The van der Waals surface area contributed by atoms with E-state index in [0.717, 1.165) is 28.2 Å². The molecule has 4 rings (SSSR count). The van der Waals surface area contributed by atoms with Crippen molar-refractivity contribution in [3.05, 3.63) is 69.3 Å². The number of nitrogens with one attached hydrogen (secondary N) is 1. The van der Waals surface area contributed by atoms with E-state index >= 15 is 0 Å². The first kappa shape index (κ1) is 14.6. The highest BCUT2D eigenvalue weighted by Gasteiger charge is 2.29. The van der Waals surface area contributed by atoms with Crippen LogP contribution in [0.3, 0.4) is 0 Å². The molecule has 0 saturated heterocycles. The van der Waals surface area contributed by atoms with Crippen molar-refractivity contribution in [2.24, 2.45) is 0 Å². The molecule has 1 aliphatic rings. The van der Waals surface area contributed by atoms with Crippen LogP contribution in [0.5, 0.6) is 0 Å². The zero-order valence-electron chi connectivity index (χ0n) is 12.8. The fourth-order valence-corrected chi connectivity index (χ4v) is 3.69. The van der Waals surface area contributed by atoms with Crippen molar-refractivity contribution in [2.75, 3.05) is 5.32 Å². The standard InChI is InChI=1S/C18H15Cl2N3/c1-10-6-7-15-12(8-10)16-9-11(2)22-23(16)18(21-15)17-13(19)4-3-5-14(17)20/h3-9,18,21H,1-2H3. The van der Waals surface area contributed by atoms with Crippen LogP contribution in [-0.4, -0.2) is 9.78 Å². The molecule has 23 heavy (non-hydrogen) atoms. The van der Waals surface area contributed by atoms with Gasteiger partial charge < -0.3 is 5.32 Å². The van der Waals surface area contributed by atoms with Crippen molar-refractivity contribution < 1.29 is 0 Å². The van der Waals surface area contributed by atoms with E-state index in [1.165, 1.54) is 5.56 Å². The first-order valence-corrected chi connectivity index (χ1v) is 8.18. The Balaban J connectivity index is 1.96. The van der Waals surface area contributed by atoms with Crippen molar-refractivity contribution in [1.29, 1.82) is 0 Å². The lowest BCUT2D eigenvalue weighted by atomic mass is 10.0. The minimum absolute atomic E-state index is 0.227. The molecule has 1 unspecified atom stereocenters. The number of nitrogens with zero attached hydrogens (tertiary/aromatic N) is 2. The molecule has 3 aromatic rings. The highest BCUT2D eigenvalue weighted by molar-refractivity contribution is 6.36. The van der Waals surface area contributed by atoms with Gasteiger partial charge in [-0.15, -0.1) is 0 Å². The van der Waals surface area contributed by atoms with Gasteiger partial charge in [0.25, 0.3) is 0 Å². The predicted octanol–water partition coefficient (Wildman–Crippen LogP) is 5.45. The van der Waals surface area contributed by atoms with Crippen LogP contribution in [0.25, 0.3) is 11.3 Å². The summed E-state index contributed by atoms with van der Waals surface area (Å²) >= 11 is 12.8. The van der Waals surface area contributed by atoms with Gasteiger partial charge in [0.05, 0.1) is 11.4 Å². The Hall–Kier alpha value is -1.97. The number of fused-ring (bicyclic) bond motifs is 3. The molecular formula is C18H15Cl2N3. The lowest BCUT2D eigenvalue weighted by molar-refractivity contribution is 0.571. The largest absolute Gasteiger partial charge is 0.359 e. The second-order valence-electron chi connectivity index (χ2n) is 5.85. The molecular weight excluding hydrogens is 329 g/mol. The molecule has 0 aliphatic carbocycles.